The number of fused-ring (bicyclic) bond motifs is 1. The number of aromatic nitrogens is 1. The summed E-state index contributed by atoms with van der Waals surface area (Å²) in [5.74, 6) is 0. The van der Waals surface area contributed by atoms with Gasteiger partial charge in [0.05, 0.1) is 0 Å². The van der Waals surface area contributed by atoms with Crippen molar-refractivity contribution in [3.05, 3.63) is 40.5 Å². The number of hydrogen-bond donors (Lipinski definition) is 1. The maximum atomic E-state index is 3.52. The molecular formula is C16H19BrN2. The molecule has 19 heavy (non-hydrogen) atoms. The van der Waals surface area contributed by atoms with Crippen molar-refractivity contribution in [3.63, 3.8) is 0 Å². The summed E-state index contributed by atoms with van der Waals surface area (Å²) < 4.78 is 1.12. The standard InChI is InChI=1S/C16H19BrN2/c1-11(2)19-7-5-12(6-8-19)15-10-18-16-9-13(17)3-4-14(15)16/h3-5,9-11,18H,6-8H2,1-2H3. The topological polar surface area (TPSA) is 19.0 Å². The largest absolute Gasteiger partial charge is 0.361 e. The van der Waals surface area contributed by atoms with E-state index >= 15 is 0 Å². The highest BCUT2D eigenvalue weighted by Gasteiger charge is 2.17. The van der Waals surface area contributed by atoms with Gasteiger partial charge in [0.15, 0.2) is 0 Å². The third-order valence-corrected chi connectivity index (χ3v) is 4.45. The second kappa shape index (κ2) is 5.14. The first kappa shape index (κ1) is 12.9. The fraction of sp³-hybridized carbons (Fsp3) is 0.375. The van der Waals surface area contributed by atoms with Gasteiger partial charge in [-0.05, 0) is 38.0 Å². The summed E-state index contributed by atoms with van der Waals surface area (Å²) in [5, 5.41) is 1.33. The smallest absolute Gasteiger partial charge is 0.0471 e. The van der Waals surface area contributed by atoms with E-state index in [2.05, 4.69) is 70.1 Å². The molecule has 3 rings (SSSR count). The lowest BCUT2D eigenvalue weighted by Gasteiger charge is -2.29. The van der Waals surface area contributed by atoms with Crippen LogP contribution >= 0.6 is 15.9 Å². The Hall–Kier alpha value is -1.06. The van der Waals surface area contributed by atoms with Crippen molar-refractivity contribution in [2.45, 2.75) is 26.3 Å². The molecule has 0 amide bonds. The van der Waals surface area contributed by atoms with E-state index in [-0.39, 0.29) is 0 Å². The fourth-order valence-electron chi connectivity index (χ4n) is 2.76. The van der Waals surface area contributed by atoms with Gasteiger partial charge >= 0.3 is 0 Å². The molecule has 0 fully saturated rings. The summed E-state index contributed by atoms with van der Waals surface area (Å²) in [6, 6.07) is 7.09. The number of nitrogens with zero attached hydrogens (tertiary/aromatic N) is 1. The van der Waals surface area contributed by atoms with E-state index in [0.717, 1.165) is 24.0 Å². The highest BCUT2D eigenvalue weighted by atomic mass is 79.9. The molecule has 0 saturated carbocycles. The zero-order chi connectivity index (χ0) is 13.4. The zero-order valence-corrected chi connectivity index (χ0v) is 13.0. The number of halogens is 1. The molecule has 0 spiro atoms. The summed E-state index contributed by atoms with van der Waals surface area (Å²) in [6.07, 6.45) is 5.67. The summed E-state index contributed by atoms with van der Waals surface area (Å²) in [7, 11) is 0. The van der Waals surface area contributed by atoms with Gasteiger partial charge < -0.3 is 4.98 Å². The molecule has 0 radical (unpaired) electrons. The number of benzene rings is 1. The Morgan fingerprint density at radius 3 is 2.84 bits per heavy atom. The van der Waals surface area contributed by atoms with Gasteiger partial charge in [-0.25, -0.2) is 0 Å². The van der Waals surface area contributed by atoms with Gasteiger partial charge in [0.1, 0.15) is 0 Å². The van der Waals surface area contributed by atoms with Crippen LogP contribution < -0.4 is 0 Å². The molecular weight excluding hydrogens is 300 g/mol. The van der Waals surface area contributed by atoms with E-state index in [1.54, 1.807) is 0 Å². The molecule has 1 aliphatic rings. The maximum Gasteiger partial charge on any atom is 0.0471 e. The number of hydrogen-bond acceptors (Lipinski definition) is 1. The van der Waals surface area contributed by atoms with Crippen LogP contribution in [-0.2, 0) is 0 Å². The third-order valence-electron chi connectivity index (χ3n) is 3.96. The monoisotopic (exact) mass is 318 g/mol. The molecule has 2 aromatic rings. The summed E-state index contributed by atoms with van der Waals surface area (Å²) in [5.41, 5.74) is 4.05. The molecule has 0 bridgehead atoms. The predicted octanol–water partition coefficient (Wildman–Crippen LogP) is 4.43. The Kier molecular flexibility index (Phi) is 3.50. The van der Waals surface area contributed by atoms with Crippen LogP contribution in [0.1, 0.15) is 25.8 Å². The minimum Gasteiger partial charge on any atom is -0.361 e. The molecule has 1 aliphatic heterocycles. The van der Waals surface area contributed by atoms with Gasteiger partial charge in [0, 0.05) is 46.3 Å². The quantitative estimate of drug-likeness (QED) is 0.868. The first-order valence-electron chi connectivity index (χ1n) is 6.85. The highest BCUT2D eigenvalue weighted by molar-refractivity contribution is 9.10. The first-order chi connectivity index (χ1) is 9.15. The van der Waals surface area contributed by atoms with Crippen molar-refractivity contribution in [2.75, 3.05) is 13.1 Å². The van der Waals surface area contributed by atoms with Gasteiger partial charge in [0.2, 0.25) is 0 Å². The van der Waals surface area contributed by atoms with Crippen molar-refractivity contribution >= 4 is 32.4 Å². The molecule has 2 nitrogen and oxygen atoms in total. The molecule has 100 valence electrons. The van der Waals surface area contributed by atoms with E-state index in [9.17, 15) is 0 Å². The Balaban J connectivity index is 1.93. The van der Waals surface area contributed by atoms with Gasteiger partial charge in [-0.1, -0.05) is 28.1 Å². The van der Waals surface area contributed by atoms with E-state index in [1.165, 1.54) is 22.0 Å². The SMILES string of the molecule is CC(C)N1CC=C(c2c[nH]c3cc(Br)ccc23)CC1. The van der Waals surface area contributed by atoms with Crippen LogP contribution in [0.5, 0.6) is 0 Å². The molecule has 1 aromatic carbocycles. The Morgan fingerprint density at radius 2 is 2.16 bits per heavy atom. The lowest BCUT2D eigenvalue weighted by Crippen LogP contribution is -2.34. The molecule has 0 aliphatic carbocycles. The van der Waals surface area contributed by atoms with Crippen molar-refractivity contribution in [1.29, 1.82) is 0 Å². The molecule has 0 saturated heterocycles. The minimum absolute atomic E-state index is 0.636. The Bertz CT molecular complexity index is 625. The summed E-state index contributed by atoms with van der Waals surface area (Å²) in [6.45, 7) is 6.76. The molecule has 1 aromatic heterocycles. The Morgan fingerprint density at radius 1 is 1.32 bits per heavy atom. The minimum atomic E-state index is 0.636. The molecule has 2 heterocycles. The van der Waals surface area contributed by atoms with Crippen LogP contribution in [-0.4, -0.2) is 29.0 Å². The van der Waals surface area contributed by atoms with Gasteiger partial charge in [-0.2, -0.15) is 0 Å². The van der Waals surface area contributed by atoms with E-state index in [4.69, 9.17) is 0 Å². The lowest BCUT2D eigenvalue weighted by atomic mass is 9.98. The van der Waals surface area contributed by atoms with Crippen LogP contribution in [0.25, 0.3) is 16.5 Å². The van der Waals surface area contributed by atoms with Gasteiger partial charge in [-0.3, -0.25) is 4.90 Å². The fourth-order valence-corrected chi connectivity index (χ4v) is 3.12. The lowest BCUT2D eigenvalue weighted by molar-refractivity contribution is 0.245. The van der Waals surface area contributed by atoms with E-state index in [0.29, 0.717) is 6.04 Å². The van der Waals surface area contributed by atoms with Crippen LogP contribution in [0, 0.1) is 0 Å². The van der Waals surface area contributed by atoms with Crippen molar-refractivity contribution < 1.29 is 0 Å². The molecule has 3 heteroatoms. The number of aromatic amines is 1. The van der Waals surface area contributed by atoms with Crippen LogP contribution in [0.4, 0.5) is 0 Å². The maximum absolute atomic E-state index is 3.52. The van der Waals surface area contributed by atoms with E-state index in [1.807, 2.05) is 0 Å². The molecule has 1 N–H and O–H groups in total. The Labute approximate surface area is 122 Å². The average molecular weight is 319 g/mol. The molecule has 0 unspecified atom stereocenters. The van der Waals surface area contributed by atoms with Crippen LogP contribution in [0.2, 0.25) is 0 Å². The number of nitrogens with one attached hydrogen (secondary N) is 1. The number of H-pyrrole nitrogens is 1. The van der Waals surface area contributed by atoms with Crippen molar-refractivity contribution in [2.24, 2.45) is 0 Å². The second-order valence-electron chi connectivity index (χ2n) is 5.46. The van der Waals surface area contributed by atoms with Crippen LogP contribution in [0.15, 0.2) is 34.9 Å². The van der Waals surface area contributed by atoms with Crippen molar-refractivity contribution in [1.82, 2.24) is 9.88 Å². The normalized spacial score (nSPS) is 17.2. The second-order valence-corrected chi connectivity index (χ2v) is 6.38. The summed E-state index contributed by atoms with van der Waals surface area (Å²) >= 11 is 3.52. The van der Waals surface area contributed by atoms with Gasteiger partial charge in [0.25, 0.3) is 0 Å². The third kappa shape index (κ3) is 2.49. The van der Waals surface area contributed by atoms with Gasteiger partial charge in [-0.15, -0.1) is 0 Å². The van der Waals surface area contributed by atoms with Crippen LogP contribution in [0.3, 0.4) is 0 Å². The number of rotatable bonds is 2. The van der Waals surface area contributed by atoms with Crippen molar-refractivity contribution in [3.8, 4) is 0 Å². The summed E-state index contributed by atoms with van der Waals surface area (Å²) in [4.78, 5) is 5.88. The van der Waals surface area contributed by atoms with E-state index < -0.39 is 0 Å². The highest BCUT2D eigenvalue weighted by Crippen LogP contribution is 2.30. The molecule has 0 atom stereocenters. The zero-order valence-electron chi connectivity index (χ0n) is 11.4. The first-order valence-corrected chi connectivity index (χ1v) is 7.64. The predicted molar refractivity (Wildman–Crippen MR) is 85.3 cm³/mol. The average Bonchev–Trinajstić information content (AvgIpc) is 2.81.